The van der Waals surface area contributed by atoms with Crippen molar-refractivity contribution in [2.24, 2.45) is 0 Å². The number of benzene rings is 2. The van der Waals surface area contributed by atoms with E-state index >= 15 is 0 Å². The summed E-state index contributed by atoms with van der Waals surface area (Å²) in [5, 5.41) is 0. The van der Waals surface area contributed by atoms with Crippen LogP contribution in [0.4, 0.5) is 13.2 Å². The smallest absolute Gasteiger partial charge is 0.416 e. The number of hydrogen-bond acceptors (Lipinski definition) is 3. The van der Waals surface area contributed by atoms with Crippen LogP contribution in [0.2, 0.25) is 0 Å². The molecule has 4 nitrogen and oxygen atoms in total. The van der Waals surface area contributed by atoms with Crippen LogP contribution in [0.15, 0.2) is 53.0 Å². The second kappa shape index (κ2) is 8.96. The van der Waals surface area contributed by atoms with Crippen LogP contribution in [0.5, 0.6) is 5.75 Å². The average Bonchev–Trinajstić information content (AvgIpc) is 2.67. The normalized spacial score (nSPS) is 15.5. The number of halogens is 4. The van der Waals surface area contributed by atoms with E-state index in [-0.39, 0.29) is 24.6 Å². The summed E-state index contributed by atoms with van der Waals surface area (Å²) in [5.74, 6) is 0.484. The maximum atomic E-state index is 13.1. The summed E-state index contributed by atoms with van der Waals surface area (Å²) in [6.07, 6.45) is -4.36. The van der Waals surface area contributed by atoms with Gasteiger partial charge in [0.05, 0.1) is 5.56 Å². The molecule has 1 aliphatic heterocycles. The van der Waals surface area contributed by atoms with Gasteiger partial charge >= 0.3 is 6.18 Å². The molecule has 0 radical (unpaired) electrons. The molecule has 150 valence electrons. The zero-order valence-electron chi connectivity index (χ0n) is 15.1. The predicted molar refractivity (Wildman–Crippen MR) is 103 cm³/mol. The maximum Gasteiger partial charge on any atom is 0.416 e. The SMILES string of the molecule is O=C(COc1ccc(Br)cc1)N1CCN(Cc2ccccc2C(F)(F)F)CC1. The highest BCUT2D eigenvalue weighted by molar-refractivity contribution is 9.10. The highest BCUT2D eigenvalue weighted by Gasteiger charge is 2.33. The fraction of sp³-hybridized carbons (Fsp3) is 0.350. The topological polar surface area (TPSA) is 32.8 Å². The first-order valence-electron chi connectivity index (χ1n) is 8.86. The molecule has 1 fully saturated rings. The number of carbonyl (C=O) groups excluding carboxylic acids is 1. The molecule has 1 heterocycles. The maximum absolute atomic E-state index is 13.1. The summed E-state index contributed by atoms with van der Waals surface area (Å²) < 4.78 is 45.8. The van der Waals surface area contributed by atoms with Gasteiger partial charge in [-0.05, 0) is 35.9 Å². The Balaban J connectivity index is 1.49. The van der Waals surface area contributed by atoms with Crippen molar-refractivity contribution in [3.05, 3.63) is 64.1 Å². The van der Waals surface area contributed by atoms with Gasteiger partial charge in [0.1, 0.15) is 5.75 Å². The molecule has 0 saturated carbocycles. The number of rotatable bonds is 5. The van der Waals surface area contributed by atoms with Crippen LogP contribution in [0.25, 0.3) is 0 Å². The molecule has 1 amide bonds. The molecule has 0 N–H and O–H groups in total. The number of carbonyl (C=O) groups is 1. The Bertz CT molecular complexity index is 804. The van der Waals surface area contributed by atoms with E-state index in [9.17, 15) is 18.0 Å². The fourth-order valence-electron chi connectivity index (χ4n) is 3.10. The third-order valence-corrected chi connectivity index (χ3v) is 5.15. The van der Waals surface area contributed by atoms with Crippen LogP contribution >= 0.6 is 15.9 Å². The van der Waals surface area contributed by atoms with E-state index in [0.717, 1.165) is 10.5 Å². The van der Waals surface area contributed by atoms with Crippen molar-refractivity contribution < 1.29 is 22.7 Å². The molecule has 0 spiro atoms. The molecule has 2 aromatic rings. The summed E-state index contributed by atoms with van der Waals surface area (Å²) in [5.41, 5.74) is -0.343. The van der Waals surface area contributed by atoms with Gasteiger partial charge in [-0.1, -0.05) is 34.1 Å². The number of hydrogen-bond donors (Lipinski definition) is 0. The number of nitrogens with zero attached hydrogens (tertiary/aromatic N) is 2. The molecular formula is C20H20BrF3N2O2. The first kappa shape index (κ1) is 20.7. The zero-order chi connectivity index (χ0) is 20.1. The summed E-state index contributed by atoms with van der Waals surface area (Å²) in [6.45, 7) is 2.14. The molecule has 0 unspecified atom stereocenters. The van der Waals surface area contributed by atoms with Crippen LogP contribution in [0.3, 0.4) is 0 Å². The highest BCUT2D eigenvalue weighted by atomic mass is 79.9. The van der Waals surface area contributed by atoms with E-state index in [2.05, 4.69) is 15.9 Å². The van der Waals surface area contributed by atoms with Crippen molar-refractivity contribution in [1.29, 1.82) is 0 Å². The lowest BCUT2D eigenvalue weighted by Gasteiger charge is -2.35. The zero-order valence-corrected chi connectivity index (χ0v) is 16.7. The minimum atomic E-state index is -4.36. The summed E-state index contributed by atoms with van der Waals surface area (Å²) in [4.78, 5) is 15.9. The van der Waals surface area contributed by atoms with Crippen LogP contribution in [-0.4, -0.2) is 48.5 Å². The Morgan fingerprint density at radius 2 is 1.64 bits per heavy atom. The van der Waals surface area contributed by atoms with Gasteiger partial charge in [0.15, 0.2) is 6.61 Å². The van der Waals surface area contributed by atoms with E-state index in [1.165, 1.54) is 12.1 Å². The third kappa shape index (κ3) is 5.48. The fourth-order valence-corrected chi connectivity index (χ4v) is 3.36. The first-order valence-corrected chi connectivity index (χ1v) is 9.66. The van der Waals surface area contributed by atoms with Crippen molar-refractivity contribution in [1.82, 2.24) is 9.80 Å². The average molecular weight is 457 g/mol. The second-order valence-corrected chi connectivity index (χ2v) is 7.47. The minimum Gasteiger partial charge on any atom is -0.484 e. The van der Waals surface area contributed by atoms with E-state index in [0.29, 0.717) is 31.9 Å². The van der Waals surface area contributed by atoms with E-state index in [1.807, 2.05) is 17.0 Å². The molecule has 28 heavy (non-hydrogen) atoms. The largest absolute Gasteiger partial charge is 0.484 e. The van der Waals surface area contributed by atoms with Crippen molar-refractivity contribution in [2.45, 2.75) is 12.7 Å². The Morgan fingerprint density at radius 1 is 1.00 bits per heavy atom. The lowest BCUT2D eigenvalue weighted by molar-refractivity contribution is -0.138. The summed E-state index contributed by atoms with van der Waals surface area (Å²) in [6, 6.07) is 12.8. The van der Waals surface area contributed by atoms with E-state index < -0.39 is 11.7 Å². The molecule has 8 heteroatoms. The van der Waals surface area contributed by atoms with Gasteiger partial charge in [0, 0.05) is 37.2 Å². The Hall–Kier alpha value is -2.06. The first-order chi connectivity index (χ1) is 13.3. The Kier molecular flexibility index (Phi) is 6.61. The Morgan fingerprint density at radius 3 is 2.29 bits per heavy atom. The predicted octanol–water partition coefficient (Wildman–Crippen LogP) is 4.19. The monoisotopic (exact) mass is 456 g/mol. The lowest BCUT2D eigenvalue weighted by Crippen LogP contribution is -2.49. The van der Waals surface area contributed by atoms with Gasteiger partial charge in [-0.3, -0.25) is 9.69 Å². The summed E-state index contributed by atoms with van der Waals surface area (Å²) in [7, 11) is 0. The van der Waals surface area contributed by atoms with Crippen LogP contribution in [0.1, 0.15) is 11.1 Å². The molecule has 3 rings (SSSR count). The quantitative estimate of drug-likeness (QED) is 0.675. The van der Waals surface area contributed by atoms with Crippen molar-refractivity contribution in [2.75, 3.05) is 32.8 Å². The van der Waals surface area contributed by atoms with E-state index in [4.69, 9.17) is 4.74 Å². The molecule has 2 aromatic carbocycles. The molecule has 0 aliphatic carbocycles. The van der Waals surface area contributed by atoms with Crippen molar-refractivity contribution in [3.8, 4) is 5.75 Å². The molecule has 0 atom stereocenters. The van der Waals surface area contributed by atoms with Crippen LogP contribution in [0, 0.1) is 0 Å². The number of alkyl halides is 3. The lowest BCUT2D eigenvalue weighted by atomic mass is 10.1. The van der Waals surface area contributed by atoms with E-state index in [1.54, 1.807) is 23.1 Å². The minimum absolute atomic E-state index is 0.0570. The molecule has 1 saturated heterocycles. The number of amides is 1. The second-order valence-electron chi connectivity index (χ2n) is 6.55. The van der Waals surface area contributed by atoms with Crippen molar-refractivity contribution >= 4 is 21.8 Å². The molecule has 0 bridgehead atoms. The van der Waals surface area contributed by atoms with Gasteiger partial charge < -0.3 is 9.64 Å². The Labute approximate surface area is 170 Å². The van der Waals surface area contributed by atoms with Crippen molar-refractivity contribution in [3.63, 3.8) is 0 Å². The van der Waals surface area contributed by atoms with Crippen LogP contribution < -0.4 is 4.74 Å². The van der Waals surface area contributed by atoms with Gasteiger partial charge in [0.2, 0.25) is 0 Å². The van der Waals surface area contributed by atoms with Gasteiger partial charge in [-0.2, -0.15) is 13.2 Å². The standard InChI is InChI=1S/C20H20BrF3N2O2/c21-16-5-7-17(8-6-16)28-14-19(27)26-11-9-25(10-12-26)13-15-3-1-2-4-18(15)20(22,23)24/h1-8H,9-14H2. The number of piperazine rings is 1. The van der Waals surface area contributed by atoms with Gasteiger partial charge in [-0.15, -0.1) is 0 Å². The van der Waals surface area contributed by atoms with Crippen LogP contribution in [-0.2, 0) is 17.5 Å². The molecule has 1 aliphatic rings. The third-order valence-electron chi connectivity index (χ3n) is 4.62. The van der Waals surface area contributed by atoms with Gasteiger partial charge in [-0.25, -0.2) is 0 Å². The number of ether oxygens (including phenoxy) is 1. The molecule has 0 aromatic heterocycles. The highest BCUT2D eigenvalue weighted by Crippen LogP contribution is 2.32. The van der Waals surface area contributed by atoms with Gasteiger partial charge in [0.25, 0.3) is 5.91 Å². The summed E-state index contributed by atoms with van der Waals surface area (Å²) >= 11 is 3.33. The molecular weight excluding hydrogens is 437 g/mol.